The van der Waals surface area contributed by atoms with Crippen LogP contribution in [0.4, 0.5) is 5.95 Å². The Labute approximate surface area is 767 Å². The molecule has 13 amide bonds. The lowest BCUT2D eigenvalue weighted by Crippen LogP contribution is -2.58. The molecule has 11 rings (SSSR count). The van der Waals surface area contributed by atoms with Crippen molar-refractivity contribution in [2.24, 2.45) is 45.9 Å². The molecular formula is C79H120BN37O17. The average Bonchev–Trinajstić information content (AvgIpc) is 1.64. The second kappa shape index (κ2) is 45.2. The Hall–Kier alpha value is -14.3. The minimum Gasteiger partial charge on any atom is -0.508 e. The maximum absolute atomic E-state index is 15.9. The summed E-state index contributed by atoms with van der Waals surface area (Å²) in [7, 11) is -1.78. The molecule has 55 heteroatoms. The number of primary amides is 1. The number of phenols is 1. The van der Waals surface area contributed by atoms with E-state index in [2.05, 4.69) is 84.1 Å². The predicted molar refractivity (Wildman–Crippen MR) is 482 cm³/mol. The molecule has 726 valence electrons. The van der Waals surface area contributed by atoms with Crippen LogP contribution >= 0.6 is 0 Å². The maximum atomic E-state index is 15.9. The van der Waals surface area contributed by atoms with Gasteiger partial charge in [0.2, 0.25) is 76.8 Å². The minimum absolute atomic E-state index is 0.00124. The standard InChI is InChI=1S/C79H120BN37O17/c81-40-20-51(98-27-40)70(129)116-32-45(104-77(90)91)25-56(116)72(131)114-30-43(102-75(86)87)23-54(114)65(124)96-16-4-2-6-49(107-67(126)55-24-44(103-76(88)89)31-115(55)73(132)57-26-46(105-78(92)93)33-117(57)71(130)52-21-41(82)28-99-52)69(128)113-29-42(101-74(84)85)22-53(113)66(125)97-17-18-111(59(120)35-112-36-100-60-62(112)109-79(94)110-68(60)127)34-58(119)106-48(64(123)108-50(61(83)121)19-37-7-13-47(118)14-8-37)5-1-3-15-95-63(122)38-9-11-39(12-10-38)80(133)134/h7-14,36,40-46,48-57,98-99,118,133-134H,1-6,15-35,81-82H2,(H2,83,121)(H,95,122)(H,96,124)(H,97,125)(H,106,119)(H,107,126)(H,108,123)(H4,84,85,101)(H4,86,87,102)(H4,88,89,103)(H4,90,91,104)(H4,92,93,105)(H3,94,109,110,127)/t40-,41-,42-,43-,44-,45-,46-,48+,49+,50+,51-,52-,53-,54-,55-,56-,57-/m1/s1. The van der Waals surface area contributed by atoms with Crippen LogP contribution in [0.2, 0.25) is 0 Å². The number of H-pyrrole nitrogens is 1. The summed E-state index contributed by atoms with van der Waals surface area (Å²) >= 11 is 0. The number of nitrogens with two attached hydrogens (primary N) is 9. The van der Waals surface area contributed by atoms with Crippen LogP contribution in [0.15, 0.2) is 59.7 Å². The lowest BCUT2D eigenvalue weighted by molar-refractivity contribution is -0.148. The molecule has 2 aromatic heterocycles. The zero-order valence-electron chi connectivity index (χ0n) is 73.5. The number of phenolic OH excluding ortho intramolecular Hbond substituents is 1. The van der Waals surface area contributed by atoms with Crippen molar-refractivity contribution in [1.29, 1.82) is 27.0 Å². The molecule has 0 bridgehead atoms. The molecule has 0 aliphatic carbocycles. The topological polar surface area (TPSA) is 875 Å². The number of nitrogen functional groups attached to an aromatic ring is 1. The van der Waals surface area contributed by atoms with Gasteiger partial charge in [-0.2, -0.15) is 4.98 Å². The molecule has 17 atom stereocenters. The first-order chi connectivity index (χ1) is 63.6. The molecule has 7 fully saturated rings. The molecule has 54 nitrogen and oxygen atoms in total. The Morgan fingerprint density at radius 1 is 0.522 bits per heavy atom. The highest BCUT2D eigenvalue weighted by Crippen LogP contribution is 2.31. The van der Waals surface area contributed by atoms with Crippen molar-refractivity contribution >= 4 is 136 Å². The van der Waals surface area contributed by atoms with Crippen molar-refractivity contribution in [1.82, 2.24) is 118 Å². The summed E-state index contributed by atoms with van der Waals surface area (Å²) < 4.78 is 1.16. The van der Waals surface area contributed by atoms with Crippen LogP contribution in [0, 0.1) is 27.0 Å². The van der Waals surface area contributed by atoms with Crippen LogP contribution in [0.25, 0.3) is 11.2 Å². The number of hydrogen-bond donors (Lipinski definition) is 31. The molecule has 0 spiro atoms. The molecule has 4 aromatic rings. The van der Waals surface area contributed by atoms with Gasteiger partial charge in [-0.05, 0) is 119 Å². The average molecular weight is 1870 g/mol. The number of aromatic hydroxyl groups is 1. The minimum atomic E-state index is -1.78. The van der Waals surface area contributed by atoms with Crippen LogP contribution in [-0.2, 0) is 70.5 Å². The van der Waals surface area contributed by atoms with Gasteiger partial charge in [-0.3, -0.25) is 99.2 Å². The van der Waals surface area contributed by atoms with Crippen LogP contribution in [0.5, 0.6) is 5.75 Å². The summed E-state index contributed by atoms with van der Waals surface area (Å²) in [5.41, 5.74) is 52.8. The Balaban J connectivity index is 0.848. The van der Waals surface area contributed by atoms with Crippen LogP contribution < -0.4 is 132 Å². The number of amides is 13. The number of fused-ring (bicyclic) bond motifs is 1. The molecular weight excluding hydrogens is 1750 g/mol. The number of guanidine groups is 5. The molecule has 40 N–H and O–H groups in total. The number of rotatable bonds is 39. The van der Waals surface area contributed by atoms with Gasteiger partial charge in [-0.15, -0.1) is 0 Å². The van der Waals surface area contributed by atoms with E-state index < -0.39 is 242 Å². The normalized spacial score (nSPS) is 23.6. The quantitative estimate of drug-likeness (QED) is 0.00854. The molecule has 7 aliphatic rings. The molecule has 0 saturated carbocycles. The van der Waals surface area contributed by atoms with Gasteiger partial charge in [-0.25, -0.2) is 4.98 Å². The highest BCUT2D eigenvalue weighted by atomic mass is 16.4. The van der Waals surface area contributed by atoms with E-state index in [1.165, 1.54) is 68.1 Å². The first-order valence-corrected chi connectivity index (χ1v) is 43.9. The highest BCUT2D eigenvalue weighted by molar-refractivity contribution is 6.58. The van der Waals surface area contributed by atoms with E-state index in [0.717, 1.165) is 20.7 Å². The van der Waals surface area contributed by atoms with Crippen molar-refractivity contribution in [3.8, 4) is 5.75 Å². The zero-order chi connectivity index (χ0) is 97.2. The summed E-state index contributed by atoms with van der Waals surface area (Å²) in [6.07, 6.45) is 0.682. The van der Waals surface area contributed by atoms with Crippen LogP contribution in [-0.4, -0.2) is 359 Å². The molecule has 2 aromatic carbocycles. The van der Waals surface area contributed by atoms with E-state index in [1.54, 1.807) is 0 Å². The van der Waals surface area contributed by atoms with Crippen LogP contribution in [0.3, 0.4) is 0 Å². The number of nitrogens with one attached hydrogen (secondary N) is 19. The SMILES string of the molecule is N=C(N)N[C@@H]1C[C@H](C(=O)NCCN(CC(=O)N[C@@H](CCCCNC(=O)c2ccc(B(O)O)cc2)C(=O)N[C@@H](Cc2ccc(O)cc2)C(N)=O)C(=O)Cn2cnc3c(=O)[nH]c(N)nc32)N(C(=O)[C@H](CCCCNC(=O)[C@H]2C[C@@H](NC(=N)N)CN2C(=O)[C@H]2C[C@@H](NC(=N)N)CN2C(=O)[C@H]2C[C@@H](N)CN2)NC(=O)[C@H]2C[C@@H](NC(=N)N)CN2C(=O)[C@H]2C[C@@H](NC(=N)N)CN2C(=O)[C@H]2C[C@@H](N)CN2)C1. The molecule has 134 heavy (non-hydrogen) atoms. The predicted octanol–water partition coefficient (Wildman–Crippen LogP) is -14.3. The number of imidazole rings is 1. The molecule has 7 saturated heterocycles. The van der Waals surface area contributed by atoms with Gasteiger partial charge in [0.1, 0.15) is 60.6 Å². The number of benzene rings is 2. The first kappa shape index (κ1) is 100. The third kappa shape index (κ3) is 26.3. The second-order valence-electron chi connectivity index (χ2n) is 34.6. The summed E-state index contributed by atoms with van der Waals surface area (Å²) in [6.45, 7) is -3.03. The smallest absolute Gasteiger partial charge is 0.488 e. The summed E-state index contributed by atoms with van der Waals surface area (Å²) in [5, 5.41) is 106. The van der Waals surface area contributed by atoms with Gasteiger partial charge in [0, 0.05) is 126 Å². The summed E-state index contributed by atoms with van der Waals surface area (Å²) in [4.78, 5) is 221. The first-order valence-electron chi connectivity index (χ1n) is 43.9. The fourth-order valence-electron chi connectivity index (χ4n) is 18.1. The number of unbranched alkanes of at least 4 members (excludes halogenated alkanes) is 2. The Bertz CT molecular complexity index is 5130. The lowest BCUT2D eigenvalue weighted by atomic mass is 9.80. The van der Waals surface area contributed by atoms with Crippen molar-refractivity contribution < 1.29 is 77.5 Å². The Morgan fingerprint density at radius 2 is 0.970 bits per heavy atom. The number of nitrogens with zero attached hydrogens (tertiary/aromatic N) is 9. The van der Waals surface area contributed by atoms with E-state index >= 15 is 19.2 Å². The van der Waals surface area contributed by atoms with E-state index in [0.29, 0.717) is 18.7 Å². The highest BCUT2D eigenvalue weighted by Gasteiger charge is 2.53. The fraction of sp³-hybridized carbons (Fsp3) is 0.557. The Kier molecular flexibility index (Phi) is 33.8. The van der Waals surface area contributed by atoms with Crippen molar-refractivity contribution in [3.63, 3.8) is 0 Å². The summed E-state index contributed by atoms with van der Waals surface area (Å²) in [6, 6.07) is -6.22. The fourth-order valence-corrected chi connectivity index (χ4v) is 18.1. The van der Waals surface area contributed by atoms with Gasteiger partial charge in [0.15, 0.2) is 41.0 Å². The van der Waals surface area contributed by atoms with Gasteiger partial charge < -0.3 is 170 Å². The molecule has 0 unspecified atom stereocenters. The number of aromatic amines is 1. The largest absolute Gasteiger partial charge is 0.508 e. The number of likely N-dealkylation sites (tertiary alicyclic amines) is 5. The van der Waals surface area contributed by atoms with Crippen LogP contribution in [0.1, 0.15) is 99.4 Å². The van der Waals surface area contributed by atoms with Crippen molar-refractivity contribution in [2.75, 3.05) is 84.3 Å². The second-order valence-corrected chi connectivity index (χ2v) is 34.6. The molecule has 9 heterocycles. The third-order valence-electron chi connectivity index (χ3n) is 24.5. The number of hydrogen-bond acceptors (Lipinski definition) is 29. The number of anilines is 1. The van der Waals surface area contributed by atoms with Crippen molar-refractivity contribution in [2.45, 2.75) is 199 Å². The monoisotopic (exact) mass is 1870 g/mol. The lowest BCUT2D eigenvalue weighted by Gasteiger charge is -2.33. The number of carbonyl (C=O) groups is 13. The van der Waals surface area contributed by atoms with E-state index in [4.69, 9.17) is 78.6 Å². The number of aromatic nitrogens is 4. The van der Waals surface area contributed by atoms with Gasteiger partial charge >= 0.3 is 7.12 Å². The maximum Gasteiger partial charge on any atom is 0.488 e. The van der Waals surface area contributed by atoms with E-state index in [9.17, 15) is 63.1 Å². The van der Waals surface area contributed by atoms with Crippen molar-refractivity contribution in [3.05, 3.63) is 76.3 Å². The zero-order valence-corrected chi connectivity index (χ0v) is 73.5. The molecule has 0 radical (unpaired) electrons. The van der Waals surface area contributed by atoms with E-state index in [1.807, 2.05) is 0 Å². The van der Waals surface area contributed by atoms with Gasteiger partial charge in [0.25, 0.3) is 11.5 Å². The van der Waals surface area contributed by atoms with E-state index in [-0.39, 0.29) is 176 Å². The Morgan fingerprint density at radius 3 is 1.44 bits per heavy atom. The third-order valence-corrected chi connectivity index (χ3v) is 24.5. The summed E-state index contributed by atoms with van der Waals surface area (Å²) in [5.74, 6) is -12.8. The van der Waals surface area contributed by atoms with Gasteiger partial charge in [-0.1, -0.05) is 24.3 Å². The molecule has 7 aliphatic heterocycles. The number of carbonyl (C=O) groups excluding carboxylic acids is 13. The van der Waals surface area contributed by atoms with Gasteiger partial charge in [0.05, 0.1) is 25.0 Å².